The van der Waals surface area contributed by atoms with Gasteiger partial charge in [0.15, 0.2) is 11.5 Å². The number of nitrogens with two attached hydrogens (primary N) is 1. The highest BCUT2D eigenvalue weighted by Crippen LogP contribution is 2.45. The smallest absolute Gasteiger partial charge is 0.223 e. The van der Waals surface area contributed by atoms with Crippen LogP contribution in [0.5, 0.6) is 17.2 Å². The zero-order valence-electron chi connectivity index (χ0n) is 13.8. The maximum Gasteiger partial charge on any atom is 0.223 e. The lowest BCUT2D eigenvalue weighted by atomic mass is 10.1. The third-order valence-electron chi connectivity index (χ3n) is 3.77. The molecule has 0 amide bonds. The lowest BCUT2D eigenvalue weighted by molar-refractivity contribution is 0.324. The molecule has 0 aliphatic carbocycles. The van der Waals surface area contributed by atoms with Crippen LogP contribution in [0, 0.1) is 0 Å². The van der Waals surface area contributed by atoms with Crippen molar-refractivity contribution in [3.8, 4) is 17.2 Å². The molecule has 25 heavy (non-hydrogen) atoms. The van der Waals surface area contributed by atoms with Crippen LogP contribution in [0.1, 0.15) is 5.56 Å². The monoisotopic (exact) mass is 426 g/mol. The summed E-state index contributed by atoms with van der Waals surface area (Å²) in [5, 5.41) is 1.31. The van der Waals surface area contributed by atoms with E-state index < -0.39 is 0 Å². The molecular formula is C16H16BrClN4O3. The number of nitrogen functional groups attached to an aromatic ring is 1. The van der Waals surface area contributed by atoms with Crippen LogP contribution in [0.25, 0.3) is 11.0 Å². The Morgan fingerprint density at radius 1 is 1.16 bits per heavy atom. The van der Waals surface area contributed by atoms with E-state index in [1.807, 2.05) is 22.9 Å². The molecule has 132 valence electrons. The van der Waals surface area contributed by atoms with Crippen LogP contribution in [-0.4, -0.2) is 35.9 Å². The van der Waals surface area contributed by atoms with Gasteiger partial charge in [-0.25, -0.2) is 4.98 Å². The largest absolute Gasteiger partial charge is 0.493 e. The van der Waals surface area contributed by atoms with Gasteiger partial charge >= 0.3 is 0 Å². The maximum absolute atomic E-state index is 6.51. The van der Waals surface area contributed by atoms with Gasteiger partial charge in [-0.2, -0.15) is 4.98 Å². The predicted octanol–water partition coefficient (Wildman–Crippen LogP) is 3.50. The fraction of sp³-hybridized carbons (Fsp3) is 0.250. The van der Waals surface area contributed by atoms with Gasteiger partial charge < -0.3 is 24.5 Å². The first-order valence-electron chi connectivity index (χ1n) is 7.25. The van der Waals surface area contributed by atoms with Crippen molar-refractivity contribution in [2.24, 2.45) is 0 Å². The lowest BCUT2D eigenvalue weighted by Crippen LogP contribution is -2.05. The van der Waals surface area contributed by atoms with Crippen molar-refractivity contribution in [1.29, 1.82) is 0 Å². The van der Waals surface area contributed by atoms with E-state index in [9.17, 15) is 0 Å². The molecule has 2 N–H and O–H groups in total. The second-order valence-corrected chi connectivity index (χ2v) is 6.30. The lowest BCUT2D eigenvalue weighted by Gasteiger charge is -2.17. The average molecular weight is 428 g/mol. The molecule has 0 spiro atoms. The van der Waals surface area contributed by atoms with Crippen LogP contribution in [0.3, 0.4) is 0 Å². The highest BCUT2D eigenvalue weighted by molar-refractivity contribution is 9.10. The number of fused-ring (bicyclic) bond motifs is 1. The molecule has 7 nitrogen and oxygen atoms in total. The Kier molecular flexibility index (Phi) is 4.91. The summed E-state index contributed by atoms with van der Waals surface area (Å²) >= 11 is 9.91. The SMILES string of the molecule is COc1cc(Cn2ccc3c(Br)nc(N)nc32)c(Cl)c(OC)c1OC. The van der Waals surface area contributed by atoms with E-state index in [0.717, 1.165) is 10.9 Å². The molecule has 0 bridgehead atoms. The van der Waals surface area contributed by atoms with Crippen LogP contribution in [-0.2, 0) is 6.54 Å². The molecule has 2 aromatic heterocycles. The molecule has 3 rings (SSSR count). The third kappa shape index (κ3) is 3.07. The molecule has 0 fully saturated rings. The van der Waals surface area contributed by atoms with Crippen molar-refractivity contribution < 1.29 is 14.2 Å². The molecular weight excluding hydrogens is 412 g/mol. The first kappa shape index (κ1) is 17.6. The highest BCUT2D eigenvalue weighted by Gasteiger charge is 2.20. The van der Waals surface area contributed by atoms with E-state index in [1.54, 1.807) is 7.11 Å². The summed E-state index contributed by atoms with van der Waals surface area (Å²) in [6.07, 6.45) is 1.89. The molecule has 9 heteroatoms. The predicted molar refractivity (Wildman–Crippen MR) is 99.9 cm³/mol. The van der Waals surface area contributed by atoms with E-state index in [0.29, 0.717) is 39.1 Å². The van der Waals surface area contributed by atoms with E-state index in [1.165, 1.54) is 14.2 Å². The van der Waals surface area contributed by atoms with Gasteiger partial charge in [-0.1, -0.05) is 11.6 Å². The average Bonchev–Trinajstić information content (AvgIpc) is 2.99. The molecule has 0 saturated carbocycles. The van der Waals surface area contributed by atoms with Crippen LogP contribution < -0.4 is 19.9 Å². The third-order valence-corrected chi connectivity index (χ3v) is 4.79. The summed E-state index contributed by atoms with van der Waals surface area (Å²) in [7, 11) is 4.63. The number of ether oxygens (including phenoxy) is 3. The fourth-order valence-electron chi connectivity index (χ4n) is 2.64. The quantitative estimate of drug-likeness (QED) is 0.627. The van der Waals surface area contributed by atoms with Crippen molar-refractivity contribution in [2.45, 2.75) is 6.54 Å². The van der Waals surface area contributed by atoms with Crippen molar-refractivity contribution in [3.63, 3.8) is 0 Å². The van der Waals surface area contributed by atoms with Crippen molar-refractivity contribution >= 4 is 44.5 Å². The van der Waals surface area contributed by atoms with Crippen molar-refractivity contribution in [2.75, 3.05) is 27.1 Å². The maximum atomic E-state index is 6.51. The molecule has 1 aromatic carbocycles. The number of hydrogen-bond donors (Lipinski definition) is 1. The first-order valence-corrected chi connectivity index (χ1v) is 8.42. The molecule has 0 unspecified atom stereocenters. The number of anilines is 1. The minimum Gasteiger partial charge on any atom is -0.493 e. The van der Waals surface area contributed by atoms with Crippen molar-refractivity contribution in [1.82, 2.24) is 14.5 Å². The Bertz CT molecular complexity index is 945. The zero-order chi connectivity index (χ0) is 18.1. The molecule has 0 radical (unpaired) electrons. The Morgan fingerprint density at radius 3 is 2.52 bits per heavy atom. The summed E-state index contributed by atoms with van der Waals surface area (Å²) in [5.41, 5.74) is 7.25. The normalized spacial score (nSPS) is 10.9. The van der Waals surface area contributed by atoms with Crippen LogP contribution in [0.4, 0.5) is 5.95 Å². The number of rotatable bonds is 5. The molecule has 0 aliphatic rings. The van der Waals surface area contributed by atoms with Crippen LogP contribution in [0.15, 0.2) is 22.9 Å². The first-order chi connectivity index (χ1) is 12.0. The minimum absolute atomic E-state index is 0.190. The number of nitrogens with zero attached hydrogens (tertiary/aromatic N) is 3. The van der Waals surface area contributed by atoms with Gasteiger partial charge in [0.05, 0.1) is 38.3 Å². The standard InChI is InChI=1S/C16H16BrClN4O3/c1-23-10-6-8(11(18)13(25-3)12(10)24-2)7-22-5-4-9-14(17)20-16(19)21-15(9)22/h4-6H,7H2,1-3H3,(H2,19,20,21). The van der Waals surface area contributed by atoms with Gasteiger partial charge in [0.25, 0.3) is 0 Å². The number of methoxy groups -OCH3 is 3. The number of aromatic nitrogens is 3. The topological polar surface area (TPSA) is 84.4 Å². The van der Waals surface area contributed by atoms with Gasteiger partial charge in [0.2, 0.25) is 11.7 Å². The Labute approximate surface area is 157 Å². The Balaban J connectivity index is 2.12. The highest BCUT2D eigenvalue weighted by atomic mass is 79.9. The van der Waals surface area contributed by atoms with Crippen molar-refractivity contribution in [3.05, 3.63) is 33.5 Å². The Hall–Kier alpha value is -2.19. The molecule has 0 atom stereocenters. The molecule has 2 heterocycles. The van der Waals surface area contributed by atoms with Gasteiger partial charge in [-0.05, 0) is 33.6 Å². The summed E-state index contributed by atoms with van der Waals surface area (Å²) in [5.74, 6) is 1.59. The zero-order valence-corrected chi connectivity index (χ0v) is 16.2. The van der Waals surface area contributed by atoms with Gasteiger partial charge in [-0.15, -0.1) is 0 Å². The van der Waals surface area contributed by atoms with E-state index in [2.05, 4.69) is 25.9 Å². The van der Waals surface area contributed by atoms with E-state index in [-0.39, 0.29) is 5.95 Å². The van der Waals surface area contributed by atoms with Gasteiger partial charge in [-0.3, -0.25) is 0 Å². The number of hydrogen-bond acceptors (Lipinski definition) is 6. The minimum atomic E-state index is 0.190. The molecule has 3 aromatic rings. The Morgan fingerprint density at radius 2 is 1.88 bits per heavy atom. The van der Waals surface area contributed by atoms with E-state index in [4.69, 9.17) is 31.5 Å². The molecule has 0 aliphatic heterocycles. The van der Waals surface area contributed by atoms with Gasteiger partial charge in [0, 0.05) is 6.20 Å². The summed E-state index contributed by atoms with van der Waals surface area (Å²) in [6.45, 7) is 0.446. The summed E-state index contributed by atoms with van der Waals surface area (Å²) in [4.78, 5) is 8.42. The van der Waals surface area contributed by atoms with E-state index >= 15 is 0 Å². The van der Waals surface area contributed by atoms with Crippen LogP contribution >= 0.6 is 27.5 Å². The second kappa shape index (κ2) is 6.97. The summed E-state index contributed by atoms with van der Waals surface area (Å²) < 4.78 is 18.7. The van der Waals surface area contributed by atoms with Gasteiger partial charge in [0.1, 0.15) is 10.3 Å². The second-order valence-electron chi connectivity index (χ2n) is 5.17. The number of benzene rings is 1. The number of halogens is 2. The fourth-order valence-corrected chi connectivity index (χ4v) is 3.41. The summed E-state index contributed by atoms with van der Waals surface area (Å²) in [6, 6.07) is 3.72. The molecule has 0 saturated heterocycles. The van der Waals surface area contributed by atoms with Crippen LogP contribution in [0.2, 0.25) is 5.02 Å².